The summed E-state index contributed by atoms with van der Waals surface area (Å²) in [6.45, 7) is 9.72. The fraction of sp³-hybridized carbons (Fsp3) is 0.474. The van der Waals surface area contributed by atoms with Crippen LogP contribution < -0.4 is 11.1 Å². The molecule has 0 aliphatic carbocycles. The number of carbonyl (C=O) groups is 3. The van der Waals surface area contributed by atoms with Crippen LogP contribution in [-0.4, -0.2) is 38.6 Å². The minimum absolute atomic E-state index is 0.0785. The van der Waals surface area contributed by atoms with Crippen LogP contribution in [0.4, 0.5) is 10.7 Å². The molecule has 3 N–H and O–H groups in total. The number of primary amides is 1. The molecule has 0 saturated heterocycles. The number of amides is 2. The van der Waals surface area contributed by atoms with Gasteiger partial charge in [-0.25, -0.2) is 4.79 Å². The van der Waals surface area contributed by atoms with Crippen molar-refractivity contribution in [3.8, 4) is 0 Å². The maximum atomic E-state index is 12.8. The average Bonchev–Trinajstić information content (AvgIpc) is 3.10. The molecule has 11 nitrogen and oxygen atoms in total. The summed E-state index contributed by atoms with van der Waals surface area (Å²) in [6.07, 6.45) is -0.395. The van der Waals surface area contributed by atoms with E-state index in [1.54, 1.807) is 34.6 Å². The molecule has 0 spiro atoms. The van der Waals surface area contributed by atoms with Gasteiger partial charge >= 0.3 is 11.7 Å². The predicted octanol–water partition coefficient (Wildman–Crippen LogP) is 2.72. The zero-order valence-corrected chi connectivity index (χ0v) is 19.0. The summed E-state index contributed by atoms with van der Waals surface area (Å²) in [5.74, 6) is -2.49. The van der Waals surface area contributed by atoms with Gasteiger partial charge in [-0.2, -0.15) is 5.10 Å². The van der Waals surface area contributed by atoms with Gasteiger partial charge in [0.25, 0.3) is 5.91 Å². The highest BCUT2D eigenvalue weighted by molar-refractivity contribution is 7.18. The van der Waals surface area contributed by atoms with Gasteiger partial charge in [0.05, 0.1) is 33.9 Å². The summed E-state index contributed by atoms with van der Waals surface area (Å²) in [7, 11) is 0. The van der Waals surface area contributed by atoms with E-state index in [0.717, 1.165) is 11.3 Å². The van der Waals surface area contributed by atoms with Crippen molar-refractivity contribution in [3.63, 3.8) is 0 Å². The highest BCUT2D eigenvalue weighted by Crippen LogP contribution is 2.34. The number of nitro groups is 1. The SMILES string of the molecule is Cc1nn(CC(C)C(=O)Nc2sc(C(N)=O)c(C)c2C(=O)OC(C)C)c(C)c1[N+](=O)[O-]. The lowest BCUT2D eigenvalue weighted by Gasteiger charge is -2.14. The van der Waals surface area contributed by atoms with Gasteiger partial charge in [-0.3, -0.25) is 24.4 Å². The number of rotatable bonds is 8. The number of aromatic nitrogens is 2. The van der Waals surface area contributed by atoms with E-state index < -0.39 is 34.7 Å². The van der Waals surface area contributed by atoms with Crippen LogP contribution in [0.1, 0.15) is 57.8 Å². The number of aryl methyl sites for hydroxylation is 1. The Morgan fingerprint density at radius 2 is 1.87 bits per heavy atom. The van der Waals surface area contributed by atoms with Crippen LogP contribution in [-0.2, 0) is 16.1 Å². The van der Waals surface area contributed by atoms with Crippen molar-refractivity contribution >= 4 is 39.8 Å². The lowest BCUT2D eigenvalue weighted by molar-refractivity contribution is -0.386. The molecule has 1 unspecified atom stereocenters. The number of thiophene rings is 1. The maximum absolute atomic E-state index is 12.8. The van der Waals surface area contributed by atoms with Crippen LogP contribution in [0.15, 0.2) is 0 Å². The van der Waals surface area contributed by atoms with Crippen LogP contribution in [0.25, 0.3) is 0 Å². The summed E-state index contributed by atoms with van der Waals surface area (Å²) >= 11 is 0.896. The Bertz CT molecular complexity index is 1050. The molecule has 1 atom stereocenters. The smallest absolute Gasteiger partial charge is 0.341 e. The number of nitrogens with two attached hydrogens (primary N) is 1. The van der Waals surface area contributed by atoms with Crippen LogP contribution in [0.2, 0.25) is 0 Å². The number of hydrogen-bond donors (Lipinski definition) is 2. The van der Waals surface area contributed by atoms with Gasteiger partial charge in [0.1, 0.15) is 16.4 Å². The van der Waals surface area contributed by atoms with Crippen LogP contribution in [0.3, 0.4) is 0 Å². The number of esters is 1. The van der Waals surface area contributed by atoms with Crippen molar-refractivity contribution in [2.45, 2.75) is 54.2 Å². The average molecular weight is 452 g/mol. The normalized spacial score (nSPS) is 12.0. The van der Waals surface area contributed by atoms with Gasteiger partial charge < -0.3 is 15.8 Å². The van der Waals surface area contributed by atoms with E-state index >= 15 is 0 Å². The fourth-order valence-electron chi connectivity index (χ4n) is 3.06. The molecule has 0 saturated carbocycles. The molecule has 2 rings (SSSR count). The number of anilines is 1. The maximum Gasteiger partial charge on any atom is 0.341 e. The summed E-state index contributed by atoms with van der Waals surface area (Å²) in [6, 6.07) is 0. The van der Waals surface area contributed by atoms with E-state index in [1.165, 1.54) is 11.6 Å². The standard InChI is InChI=1S/C19H25N5O6S/c1-8(2)30-19(27)13-10(4)15(16(20)25)31-18(13)21-17(26)9(3)7-23-12(6)14(24(28)29)11(5)22-23/h8-9H,7H2,1-6H3,(H2,20,25)(H,21,26). The van der Waals surface area contributed by atoms with Crippen molar-refractivity contribution in [1.29, 1.82) is 0 Å². The second-order valence-electron chi connectivity index (χ2n) is 7.43. The van der Waals surface area contributed by atoms with Crippen molar-refractivity contribution in [1.82, 2.24) is 9.78 Å². The highest BCUT2D eigenvalue weighted by atomic mass is 32.1. The first kappa shape index (κ1) is 24.0. The van der Waals surface area contributed by atoms with Crippen LogP contribution >= 0.6 is 11.3 Å². The lowest BCUT2D eigenvalue weighted by atomic mass is 10.1. The topological polar surface area (TPSA) is 159 Å². The predicted molar refractivity (Wildman–Crippen MR) is 114 cm³/mol. The molecule has 0 aliphatic rings. The van der Waals surface area contributed by atoms with Gasteiger partial charge in [-0.05, 0) is 40.2 Å². The number of nitrogens with one attached hydrogen (secondary N) is 1. The first-order chi connectivity index (χ1) is 14.3. The summed E-state index contributed by atoms with van der Waals surface area (Å²) in [4.78, 5) is 47.9. The molecule has 0 fully saturated rings. The second kappa shape index (κ2) is 9.25. The Hall–Kier alpha value is -3.28. The number of hydrogen-bond acceptors (Lipinski definition) is 8. The molecular formula is C19H25N5O6S. The monoisotopic (exact) mass is 451 g/mol. The van der Waals surface area contributed by atoms with E-state index in [0.29, 0.717) is 11.3 Å². The minimum atomic E-state index is -0.718. The van der Waals surface area contributed by atoms with E-state index in [2.05, 4.69) is 10.4 Å². The quantitative estimate of drug-likeness (QED) is 0.354. The third-order valence-corrected chi connectivity index (χ3v) is 5.80. The van der Waals surface area contributed by atoms with Crippen molar-refractivity contribution < 1.29 is 24.0 Å². The Morgan fingerprint density at radius 3 is 2.35 bits per heavy atom. The third-order valence-electron chi connectivity index (χ3n) is 4.57. The first-order valence-electron chi connectivity index (χ1n) is 9.48. The lowest BCUT2D eigenvalue weighted by Crippen LogP contribution is -2.26. The second-order valence-corrected chi connectivity index (χ2v) is 8.45. The van der Waals surface area contributed by atoms with Gasteiger partial charge in [0, 0.05) is 0 Å². The molecule has 0 aliphatic heterocycles. The molecule has 0 aromatic carbocycles. The Morgan fingerprint density at radius 1 is 1.26 bits per heavy atom. The zero-order chi connectivity index (χ0) is 23.6. The van der Waals surface area contributed by atoms with E-state index in [4.69, 9.17) is 10.5 Å². The van der Waals surface area contributed by atoms with Crippen LogP contribution in [0, 0.1) is 36.8 Å². The molecule has 0 bridgehead atoms. The molecule has 168 valence electrons. The van der Waals surface area contributed by atoms with Gasteiger partial charge in [0.15, 0.2) is 0 Å². The first-order valence-corrected chi connectivity index (χ1v) is 10.3. The molecule has 0 radical (unpaired) electrons. The molecule has 2 aromatic heterocycles. The van der Waals surface area contributed by atoms with E-state index in [1.807, 2.05) is 0 Å². The van der Waals surface area contributed by atoms with Crippen molar-refractivity contribution in [2.24, 2.45) is 11.7 Å². The highest BCUT2D eigenvalue weighted by Gasteiger charge is 2.28. The number of nitrogens with zero attached hydrogens (tertiary/aromatic N) is 3. The summed E-state index contributed by atoms with van der Waals surface area (Å²) < 4.78 is 6.63. The van der Waals surface area contributed by atoms with Gasteiger partial charge in [-0.15, -0.1) is 11.3 Å². The summed E-state index contributed by atoms with van der Waals surface area (Å²) in [5, 5.41) is 18.1. The zero-order valence-electron chi connectivity index (χ0n) is 18.1. The van der Waals surface area contributed by atoms with Gasteiger partial charge in [-0.1, -0.05) is 6.92 Å². The summed E-state index contributed by atoms with van der Waals surface area (Å²) in [5.41, 5.74) is 6.31. The molecule has 2 heterocycles. The molecule has 12 heteroatoms. The molecular weight excluding hydrogens is 426 g/mol. The van der Waals surface area contributed by atoms with Gasteiger partial charge in [0.2, 0.25) is 5.91 Å². The molecule has 2 aromatic rings. The van der Waals surface area contributed by atoms with Crippen molar-refractivity contribution in [3.05, 3.63) is 37.5 Å². The van der Waals surface area contributed by atoms with Crippen molar-refractivity contribution in [2.75, 3.05) is 5.32 Å². The third kappa shape index (κ3) is 5.08. The number of ether oxygens (including phenoxy) is 1. The Labute approximate surface area is 182 Å². The Kier molecular flexibility index (Phi) is 7.16. The number of carbonyl (C=O) groups excluding carboxylic acids is 3. The van der Waals surface area contributed by atoms with E-state index in [-0.39, 0.29) is 33.4 Å². The Balaban J connectivity index is 2.29. The van der Waals surface area contributed by atoms with E-state index in [9.17, 15) is 24.5 Å². The van der Waals surface area contributed by atoms with Crippen LogP contribution in [0.5, 0.6) is 0 Å². The molecule has 31 heavy (non-hydrogen) atoms. The largest absolute Gasteiger partial charge is 0.459 e. The molecule has 2 amide bonds. The minimum Gasteiger partial charge on any atom is -0.459 e. The fourth-order valence-corrected chi connectivity index (χ4v) is 4.11.